The first-order valence-electron chi connectivity index (χ1n) is 8.11. The maximum absolute atomic E-state index is 13.0. The van der Waals surface area contributed by atoms with Crippen LogP contribution in [0.4, 0.5) is 0 Å². The van der Waals surface area contributed by atoms with Crippen LogP contribution in [0.15, 0.2) is 58.3 Å². The lowest BCUT2D eigenvalue weighted by Crippen LogP contribution is -2.37. The molecule has 25 heavy (non-hydrogen) atoms. The molecule has 0 saturated carbocycles. The zero-order valence-electron chi connectivity index (χ0n) is 14.6. The van der Waals surface area contributed by atoms with E-state index >= 15 is 0 Å². The lowest BCUT2D eigenvalue weighted by Gasteiger charge is -2.22. The van der Waals surface area contributed by atoms with Crippen LogP contribution in [-0.4, -0.2) is 27.1 Å². The van der Waals surface area contributed by atoms with Crippen molar-refractivity contribution in [3.05, 3.63) is 59.7 Å². The molecule has 0 aliphatic rings. The van der Waals surface area contributed by atoms with Crippen molar-refractivity contribution in [2.45, 2.75) is 43.4 Å². The third-order valence-corrected chi connectivity index (χ3v) is 8.22. The van der Waals surface area contributed by atoms with Gasteiger partial charge in [0.25, 0.3) is 20.0 Å². The predicted octanol–water partition coefficient (Wildman–Crippen LogP) is 3.48. The number of benzene rings is 2. The maximum atomic E-state index is 13.0. The smallest absolute Gasteiger partial charge is 0.206 e. The van der Waals surface area contributed by atoms with Crippen LogP contribution in [0.25, 0.3) is 0 Å². The summed E-state index contributed by atoms with van der Waals surface area (Å²) in [6.07, 6.45) is 1.14. The predicted molar refractivity (Wildman–Crippen MR) is 98.3 cm³/mol. The van der Waals surface area contributed by atoms with Crippen molar-refractivity contribution in [1.29, 1.82) is 0 Å². The van der Waals surface area contributed by atoms with Gasteiger partial charge >= 0.3 is 0 Å². The van der Waals surface area contributed by atoms with Gasteiger partial charge in [0.1, 0.15) is 0 Å². The lowest BCUT2D eigenvalue weighted by atomic mass is 10.2. The molecule has 0 aliphatic carbocycles. The summed E-state index contributed by atoms with van der Waals surface area (Å²) >= 11 is 0. The molecule has 136 valence electrons. The van der Waals surface area contributed by atoms with E-state index in [1.807, 2.05) is 20.8 Å². The van der Waals surface area contributed by atoms with Crippen LogP contribution in [0, 0.1) is 13.8 Å². The highest BCUT2D eigenvalue weighted by atomic mass is 32.3. The molecule has 0 amide bonds. The van der Waals surface area contributed by atoms with Crippen LogP contribution in [0.3, 0.4) is 0 Å². The number of aryl methyl sites for hydroxylation is 2. The monoisotopic (exact) mass is 381 g/mol. The van der Waals surface area contributed by atoms with Gasteiger partial charge in [-0.25, -0.2) is 16.8 Å². The molecule has 2 rings (SSSR count). The highest BCUT2D eigenvalue weighted by molar-refractivity contribution is 8.04. The summed E-state index contributed by atoms with van der Waals surface area (Å²) in [4.78, 5) is -0.0465. The van der Waals surface area contributed by atoms with Gasteiger partial charge < -0.3 is 0 Å². The Kier molecular flexibility index (Phi) is 6.03. The molecule has 0 aromatic heterocycles. The molecular formula is C18H23NO4S2. The summed E-state index contributed by atoms with van der Waals surface area (Å²) in [5, 5.41) is 0. The van der Waals surface area contributed by atoms with Gasteiger partial charge in [0.05, 0.1) is 9.79 Å². The number of hydrogen-bond donors (Lipinski definition) is 0. The molecule has 7 heteroatoms. The van der Waals surface area contributed by atoms with Gasteiger partial charge in [-0.1, -0.05) is 52.4 Å². The summed E-state index contributed by atoms with van der Waals surface area (Å²) in [5.74, 6) is 0. The molecule has 0 bridgehead atoms. The Morgan fingerprint density at radius 1 is 0.720 bits per heavy atom. The summed E-state index contributed by atoms with van der Waals surface area (Å²) in [6, 6.07) is 12.4. The molecule has 0 atom stereocenters. The average molecular weight is 382 g/mol. The fraction of sp³-hybridized carbons (Fsp3) is 0.333. The van der Waals surface area contributed by atoms with Gasteiger partial charge in [0, 0.05) is 6.54 Å². The van der Waals surface area contributed by atoms with E-state index in [9.17, 15) is 16.8 Å². The second kappa shape index (κ2) is 7.68. The van der Waals surface area contributed by atoms with Crippen molar-refractivity contribution in [3.63, 3.8) is 0 Å². The highest BCUT2D eigenvalue weighted by Gasteiger charge is 2.35. The van der Waals surface area contributed by atoms with Crippen LogP contribution >= 0.6 is 0 Å². The van der Waals surface area contributed by atoms with Crippen molar-refractivity contribution >= 4 is 20.0 Å². The van der Waals surface area contributed by atoms with Gasteiger partial charge in [-0.05, 0) is 44.5 Å². The Labute approximate surface area is 150 Å². The van der Waals surface area contributed by atoms with Crippen LogP contribution < -0.4 is 0 Å². The van der Waals surface area contributed by atoms with Crippen LogP contribution in [0.2, 0.25) is 0 Å². The third kappa shape index (κ3) is 4.29. The molecule has 0 heterocycles. The molecule has 0 spiro atoms. The van der Waals surface area contributed by atoms with Gasteiger partial charge in [-0.2, -0.15) is 0 Å². The Balaban J connectivity index is 2.54. The average Bonchev–Trinajstić information content (AvgIpc) is 2.55. The van der Waals surface area contributed by atoms with Gasteiger partial charge in [-0.15, -0.1) is 0 Å². The fourth-order valence-electron chi connectivity index (χ4n) is 2.31. The minimum atomic E-state index is -4.16. The van der Waals surface area contributed by atoms with Crippen molar-refractivity contribution in [3.8, 4) is 0 Å². The lowest BCUT2D eigenvalue weighted by molar-refractivity contribution is 0.488. The third-order valence-electron chi connectivity index (χ3n) is 3.87. The molecule has 0 aliphatic heterocycles. The molecule has 5 nitrogen and oxygen atoms in total. The van der Waals surface area contributed by atoms with Gasteiger partial charge in [0.2, 0.25) is 0 Å². The zero-order valence-corrected chi connectivity index (χ0v) is 16.3. The Hall–Kier alpha value is -1.70. The summed E-state index contributed by atoms with van der Waals surface area (Å²) in [7, 11) is -8.32. The topological polar surface area (TPSA) is 71.5 Å². The van der Waals surface area contributed by atoms with Crippen molar-refractivity contribution < 1.29 is 16.8 Å². The van der Waals surface area contributed by atoms with Crippen LogP contribution in [-0.2, 0) is 20.0 Å². The number of sulfonamides is 2. The second-order valence-electron chi connectivity index (χ2n) is 5.99. The molecule has 2 aromatic carbocycles. The molecule has 0 radical (unpaired) electrons. The summed E-state index contributed by atoms with van der Waals surface area (Å²) in [6.45, 7) is 5.49. The number of rotatable bonds is 7. The number of nitrogens with zero attached hydrogens (tertiary/aromatic N) is 1. The molecule has 0 saturated heterocycles. The SMILES string of the molecule is CCCCN(S(=O)(=O)c1ccc(C)cc1)S(=O)(=O)c1ccc(C)cc1. The quantitative estimate of drug-likeness (QED) is 0.736. The highest BCUT2D eigenvalue weighted by Crippen LogP contribution is 2.25. The first-order valence-corrected chi connectivity index (χ1v) is 11.0. The van der Waals surface area contributed by atoms with E-state index in [2.05, 4.69) is 0 Å². The number of hydrogen-bond acceptors (Lipinski definition) is 4. The van der Waals surface area contributed by atoms with Crippen molar-refractivity contribution in [1.82, 2.24) is 3.71 Å². The Morgan fingerprint density at radius 2 is 1.08 bits per heavy atom. The minimum Gasteiger partial charge on any atom is -0.206 e. The van der Waals surface area contributed by atoms with Crippen molar-refractivity contribution in [2.75, 3.05) is 6.54 Å². The first-order chi connectivity index (χ1) is 11.7. The van der Waals surface area contributed by atoms with Crippen LogP contribution in [0.5, 0.6) is 0 Å². The Bertz CT molecular complexity index is 841. The normalized spacial score (nSPS) is 12.5. The van der Waals surface area contributed by atoms with E-state index in [4.69, 9.17) is 0 Å². The minimum absolute atomic E-state index is 0.0233. The maximum Gasteiger partial charge on any atom is 0.256 e. The molecule has 0 N–H and O–H groups in total. The molecule has 0 unspecified atom stereocenters. The van der Waals surface area contributed by atoms with E-state index in [0.29, 0.717) is 16.6 Å². The largest absolute Gasteiger partial charge is 0.256 e. The standard InChI is InChI=1S/C18H23NO4S2/c1-4-5-14-19(24(20,21)17-10-6-15(2)7-11-17)25(22,23)18-12-8-16(3)9-13-18/h6-13H,4-5,14H2,1-3H3. The van der Waals surface area contributed by atoms with E-state index in [1.54, 1.807) is 24.3 Å². The van der Waals surface area contributed by atoms with E-state index in [0.717, 1.165) is 11.1 Å². The Morgan fingerprint density at radius 3 is 1.40 bits per heavy atom. The zero-order chi connectivity index (χ0) is 18.7. The number of unbranched alkanes of at least 4 members (excludes halogenated alkanes) is 1. The van der Waals surface area contributed by atoms with Gasteiger partial charge in [-0.3, -0.25) is 0 Å². The van der Waals surface area contributed by atoms with Gasteiger partial charge in [0.15, 0.2) is 0 Å². The first kappa shape index (κ1) is 19.6. The van der Waals surface area contributed by atoms with E-state index in [1.165, 1.54) is 24.3 Å². The molecule has 0 fully saturated rings. The van der Waals surface area contributed by atoms with Crippen molar-refractivity contribution in [2.24, 2.45) is 0 Å². The molecular weight excluding hydrogens is 358 g/mol. The van der Waals surface area contributed by atoms with E-state index in [-0.39, 0.29) is 16.3 Å². The summed E-state index contributed by atoms with van der Waals surface area (Å²) in [5.41, 5.74) is 1.81. The second-order valence-corrected chi connectivity index (χ2v) is 9.94. The van der Waals surface area contributed by atoms with Crippen LogP contribution in [0.1, 0.15) is 30.9 Å². The molecule has 2 aromatic rings. The van der Waals surface area contributed by atoms with E-state index < -0.39 is 20.0 Å². The summed E-state index contributed by atoms with van der Waals surface area (Å²) < 4.78 is 52.6. The fourth-order valence-corrected chi connectivity index (χ4v) is 6.03.